The summed E-state index contributed by atoms with van der Waals surface area (Å²) in [5.41, 5.74) is 6.89. The topological polar surface area (TPSA) is 216 Å². The lowest BCUT2D eigenvalue weighted by atomic mass is 10.0. The molecule has 1 aliphatic heterocycles. The first-order valence-corrected chi connectivity index (χ1v) is 14.3. The lowest BCUT2D eigenvalue weighted by Gasteiger charge is -2.55. The summed E-state index contributed by atoms with van der Waals surface area (Å²) in [6.07, 6.45) is -0.546. The molecule has 2 unspecified atom stereocenters. The fourth-order valence-corrected chi connectivity index (χ4v) is 8.53. The number of carbonyl (C=O) groups is 4. The highest BCUT2D eigenvalue weighted by molar-refractivity contribution is 6.64. The molecule has 17 heteroatoms. The smallest absolute Gasteiger partial charge is 0.480 e. The van der Waals surface area contributed by atoms with E-state index in [0.717, 1.165) is 0 Å². The zero-order valence-electron chi connectivity index (χ0n) is 23.1. The monoisotopic (exact) mass is 581 g/mol. The van der Waals surface area contributed by atoms with Crippen LogP contribution in [0.4, 0.5) is 0 Å². The number of hydrogen-bond donors (Lipinski definition) is 5. The van der Waals surface area contributed by atoms with Crippen LogP contribution in [0.2, 0.25) is 0 Å². The van der Waals surface area contributed by atoms with Gasteiger partial charge in [0.15, 0.2) is 0 Å². The number of rotatable bonds is 14. The van der Waals surface area contributed by atoms with Gasteiger partial charge in [0.1, 0.15) is 5.16 Å². The number of aliphatic carboxylic acids is 4. The van der Waals surface area contributed by atoms with Crippen LogP contribution in [0.25, 0.3) is 0 Å². The summed E-state index contributed by atoms with van der Waals surface area (Å²) in [7, 11) is 0.125. The molecule has 16 nitrogen and oxygen atoms in total. The molecule has 0 aromatic heterocycles. The second kappa shape index (κ2) is 16.1. The van der Waals surface area contributed by atoms with Crippen LogP contribution in [0.15, 0.2) is 0 Å². The molecule has 39 heavy (non-hydrogen) atoms. The van der Waals surface area contributed by atoms with Gasteiger partial charge in [-0.1, -0.05) is 13.3 Å². The first-order valence-electron chi connectivity index (χ1n) is 12.5. The van der Waals surface area contributed by atoms with Gasteiger partial charge in [-0.15, -0.1) is 0 Å². The molecule has 0 radical (unpaired) electrons. The zero-order chi connectivity index (χ0) is 29.8. The molecule has 0 aromatic carbocycles. The number of nitrogens with two attached hydrogens (primary N) is 1. The third kappa shape index (κ3) is 9.15. The van der Waals surface area contributed by atoms with E-state index in [0.29, 0.717) is 6.42 Å². The maximum atomic E-state index is 12.1. The fraction of sp³-hybridized carbons (Fsp3) is 0.818. The Labute approximate surface area is 229 Å². The van der Waals surface area contributed by atoms with Gasteiger partial charge in [-0.2, -0.15) is 0 Å². The van der Waals surface area contributed by atoms with Gasteiger partial charge in [0, 0.05) is 60.6 Å². The van der Waals surface area contributed by atoms with Gasteiger partial charge in [0.05, 0.1) is 32.3 Å². The Balaban J connectivity index is 3.89. The molecule has 0 saturated carbocycles. The normalized spacial score (nSPS) is 23.6. The first-order chi connectivity index (χ1) is 18.3. The van der Waals surface area contributed by atoms with Crippen LogP contribution >= 0.6 is 0 Å². The molecule has 0 spiro atoms. The Morgan fingerprint density at radius 3 is 1.54 bits per heavy atom. The predicted octanol–water partition coefficient (Wildman–Crippen LogP) is -2.21. The highest BCUT2D eigenvalue weighted by Gasteiger charge is 2.67. The van der Waals surface area contributed by atoms with E-state index < -0.39 is 57.1 Å². The maximum absolute atomic E-state index is 12.1. The van der Waals surface area contributed by atoms with E-state index in [2.05, 4.69) is 0 Å². The largest absolute Gasteiger partial charge is 0.524 e. The molecule has 1 aliphatic rings. The summed E-state index contributed by atoms with van der Waals surface area (Å²) in [4.78, 5) is 53.3. The van der Waals surface area contributed by atoms with Crippen LogP contribution in [0.5, 0.6) is 0 Å². The molecule has 2 atom stereocenters. The molecule has 0 amide bonds. The van der Waals surface area contributed by atoms with Gasteiger partial charge >= 0.3 is 32.7 Å². The van der Waals surface area contributed by atoms with Crippen molar-refractivity contribution in [1.29, 1.82) is 0 Å². The van der Waals surface area contributed by atoms with Crippen molar-refractivity contribution in [3.8, 4) is 0 Å². The van der Waals surface area contributed by atoms with Crippen molar-refractivity contribution in [1.82, 2.24) is 19.6 Å². The molecule has 0 aliphatic carbocycles. The lowest BCUT2D eigenvalue weighted by Crippen LogP contribution is -2.81. The quantitative estimate of drug-likeness (QED) is 0.137. The van der Waals surface area contributed by atoms with Crippen LogP contribution in [-0.2, 0) is 32.5 Å². The summed E-state index contributed by atoms with van der Waals surface area (Å²) in [5, 5.41) is 37.0. The van der Waals surface area contributed by atoms with Crippen molar-refractivity contribution < 1.29 is 52.9 Å². The summed E-state index contributed by atoms with van der Waals surface area (Å²) in [6.45, 7) is 0.608. The first kappa shape index (κ1) is 34.8. The predicted molar refractivity (Wildman–Crippen MR) is 139 cm³/mol. The number of nitrogens with zero attached hydrogens (tertiary/aromatic N) is 4. The van der Waals surface area contributed by atoms with E-state index in [1.807, 2.05) is 6.92 Å². The van der Waals surface area contributed by atoms with Crippen molar-refractivity contribution in [2.45, 2.75) is 31.1 Å². The Kier molecular flexibility index (Phi) is 14.4. The maximum Gasteiger partial charge on any atom is 0.524 e. The zero-order valence-corrected chi connectivity index (χ0v) is 24.1. The van der Waals surface area contributed by atoms with Crippen LogP contribution < -0.4 is 5.73 Å². The van der Waals surface area contributed by atoms with Crippen LogP contribution in [-0.4, -0.2) is 171 Å². The number of hydrogen-bond acceptors (Lipinski definition) is 12. The van der Waals surface area contributed by atoms with Gasteiger partial charge in [0.25, 0.3) is 0 Å². The molecule has 1 saturated heterocycles. The van der Waals surface area contributed by atoms with E-state index in [9.17, 15) is 39.6 Å². The van der Waals surface area contributed by atoms with E-state index in [1.165, 1.54) is 26.2 Å². The van der Waals surface area contributed by atoms with E-state index >= 15 is 0 Å². The van der Waals surface area contributed by atoms with Crippen LogP contribution in [0.3, 0.4) is 0 Å². The number of carboxylic acid groups (broad SMARTS) is 4. The fourth-order valence-electron chi connectivity index (χ4n) is 5.29. The molecule has 0 bridgehead atoms. The molecular weight excluding hydrogens is 538 g/mol. The van der Waals surface area contributed by atoms with Gasteiger partial charge in [-0.3, -0.25) is 38.8 Å². The molecule has 1 rings (SSSR count). The standard InChI is InChI=1S/C22H43N5O11Si/c1-5-6-22(39(36-2,37-3)38-4)21(23)26(15-19(32)33)11-9-24(13-17(28)29)7-8-25(14-18(30)31)10-12-27(22)16-20(34)35/h21H,5-16,23H2,1-4H3,(H,28,29)(H,30,31)(H,32,33)(H,34,35). The molecule has 6 N–H and O–H groups in total. The third-order valence-corrected chi connectivity index (χ3v) is 10.5. The number of carboxylic acids is 4. The van der Waals surface area contributed by atoms with E-state index in [4.69, 9.17) is 19.0 Å². The minimum atomic E-state index is -3.93. The van der Waals surface area contributed by atoms with Crippen LogP contribution in [0, 0.1) is 0 Å². The van der Waals surface area contributed by atoms with Gasteiger partial charge in [0.2, 0.25) is 0 Å². The highest BCUT2D eigenvalue weighted by atomic mass is 28.4. The highest BCUT2D eigenvalue weighted by Crippen LogP contribution is 2.38. The summed E-state index contributed by atoms with van der Waals surface area (Å²) in [5.74, 6) is -4.58. The lowest BCUT2D eigenvalue weighted by molar-refractivity contribution is -0.145. The second-order valence-electron chi connectivity index (χ2n) is 9.31. The second-order valence-corrected chi connectivity index (χ2v) is 12.5. The summed E-state index contributed by atoms with van der Waals surface area (Å²) < 4.78 is 17.6. The van der Waals surface area contributed by atoms with Crippen molar-refractivity contribution >= 4 is 32.7 Å². The SMILES string of the molecule is CCCC1([Si](OC)(OC)OC)C(N)N(CC(=O)O)CCN(CC(=O)O)CCN(CC(=O)O)CCN1CC(=O)O. The summed E-state index contributed by atoms with van der Waals surface area (Å²) >= 11 is 0. The Bertz CT molecular complexity index is 826. The van der Waals surface area contributed by atoms with E-state index in [-0.39, 0.29) is 58.8 Å². The van der Waals surface area contributed by atoms with Gasteiger partial charge in [-0.05, 0) is 6.42 Å². The van der Waals surface area contributed by atoms with Crippen molar-refractivity contribution in [3.05, 3.63) is 0 Å². The van der Waals surface area contributed by atoms with Crippen molar-refractivity contribution in [2.75, 3.05) is 86.8 Å². The molecule has 0 aromatic rings. The van der Waals surface area contributed by atoms with Crippen molar-refractivity contribution in [2.24, 2.45) is 5.73 Å². The van der Waals surface area contributed by atoms with Crippen molar-refractivity contribution in [3.63, 3.8) is 0 Å². The minimum absolute atomic E-state index is 0.00203. The minimum Gasteiger partial charge on any atom is -0.480 e. The Morgan fingerprint density at radius 1 is 0.744 bits per heavy atom. The molecule has 226 valence electrons. The molecular formula is C22H43N5O11Si. The summed E-state index contributed by atoms with van der Waals surface area (Å²) in [6, 6.07) is 0. The average molecular weight is 582 g/mol. The van der Waals surface area contributed by atoms with E-state index in [1.54, 1.807) is 14.7 Å². The Hall–Kier alpha value is -2.22. The third-order valence-electron chi connectivity index (χ3n) is 6.92. The van der Waals surface area contributed by atoms with Gasteiger partial charge < -0.3 is 39.4 Å². The molecule has 1 fully saturated rings. The molecule has 1 heterocycles. The van der Waals surface area contributed by atoms with Crippen LogP contribution in [0.1, 0.15) is 19.8 Å². The Morgan fingerprint density at radius 2 is 1.15 bits per heavy atom. The van der Waals surface area contributed by atoms with Gasteiger partial charge in [-0.25, -0.2) is 0 Å². The average Bonchev–Trinajstić information content (AvgIpc) is 2.85.